The summed E-state index contributed by atoms with van der Waals surface area (Å²) >= 11 is 0. The molecular formula is C18H25NO2. The van der Waals surface area contributed by atoms with Gasteiger partial charge in [-0.1, -0.05) is 26.0 Å². The fraction of sp³-hybridized carbons (Fsp3) is 0.500. The lowest BCUT2D eigenvalue weighted by Gasteiger charge is -2.41. The zero-order valence-corrected chi connectivity index (χ0v) is 13.6. The highest BCUT2D eigenvalue weighted by molar-refractivity contribution is 5.98. The first kappa shape index (κ1) is 15.8. The Morgan fingerprint density at radius 3 is 2.67 bits per heavy atom. The van der Waals surface area contributed by atoms with Gasteiger partial charge in [0.2, 0.25) is 5.91 Å². The smallest absolute Gasteiger partial charge is 0.228 e. The van der Waals surface area contributed by atoms with Crippen molar-refractivity contribution in [3.63, 3.8) is 0 Å². The molecule has 0 saturated heterocycles. The highest BCUT2D eigenvalue weighted by atomic mass is 16.2. The van der Waals surface area contributed by atoms with Crippen LogP contribution in [-0.2, 0) is 10.2 Å². The van der Waals surface area contributed by atoms with Crippen molar-refractivity contribution >= 4 is 17.2 Å². The first-order chi connectivity index (χ1) is 9.77. The number of rotatable bonds is 3. The number of carbonyl (C=O) groups excluding carboxylic acids is 1. The molecule has 0 atom stereocenters. The quantitative estimate of drug-likeness (QED) is 0.924. The van der Waals surface area contributed by atoms with E-state index in [1.165, 1.54) is 5.56 Å². The number of aliphatic hydroxyl groups excluding tert-OH is 1. The van der Waals surface area contributed by atoms with Gasteiger partial charge in [0.1, 0.15) is 0 Å². The Labute approximate surface area is 127 Å². The summed E-state index contributed by atoms with van der Waals surface area (Å²) < 4.78 is 0. The van der Waals surface area contributed by atoms with Gasteiger partial charge in [-0.05, 0) is 49.6 Å². The normalized spacial score (nSPS) is 18.1. The Balaban J connectivity index is 2.59. The van der Waals surface area contributed by atoms with E-state index < -0.39 is 0 Å². The number of hydrogen-bond acceptors (Lipinski definition) is 2. The Bertz CT molecular complexity index is 585. The standard InChI is InChI=1S/C18H25NO2/c1-12(2)19-16-7-6-14(13(3)8-9-20)10-15(16)18(4,5)11-17(19)21/h6-8,10,12,20H,9,11H2,1-5H3/b13-8-. The molecule has 2 rings (SSSR count). The van der Waals surface area contributed by atoms with E-state index in [0.29, 0.717) is 6.42 Å². The minimum Gasteiger partial charge on any atom is -0.392 e. The van der Waals surface area contributed by atoms with Gasteiger partial charge in [0.15, 0.2) is 0 Å². The second kappa shape index (κ2) is 5.64. The van der Waals surface area contributed by atoms with Gasteiger partial charge >= 0.3 is 0 Å². The maximum absolute atomic E-state index is 12.4. The van der Waals surface area contributed by atoms with Crippen LogP contribution < -0.4 is 4.90 Å². The van der Waals surface area contributed by atoms with E-state index in [1.54, 1.807) is 0 Å². The lowest BCUT2D eigenvalue weighted by molar-refractivity contribution is -0.120. The van der Waals surface area contributed by atoms with Crippen LogP contribution in [0.4, 0.5) is 5.69 Å². The third-order valence-electron chi connectivity index (χ3n) is 4.22. The summed E-state index contributed by atoms with van der Waals surface area (Å²) in [6.45, 7) is 10.4. The number of allylic oxidation sites excluding steroid dienone is 1. The molecule has 0 saturated carbocycles. The van der Waals surface area contributed by atoms with Crippen molar-refractivity contribution < 1.29 is 9.90 Å². The molecule has 0 unspecified atom stereocenters. The molecule has 21 heavy (non-hydrogen) atoms. The number of fused-ring (bicyclic) bond motifs is 1. The van der Waals surface area contributed by atoms with Crippen molar-refractivity contribution in [2.75, 3.05) is 11.5 Å². The number of aliphatic hydroxyl groups is 1. The van der Waals surface area contributed by atoms with Crippen molar-refractivity contribution in [1.29, 1.82) is 0 Å². The lowest BCUT2D eigenvalue weighted by Crippen LogP contribution is -2.45. The number of carbonyl (C=O) groups is 1. The van der Waals surface area contributed by atoms with E-state index in [-0.39, 0.29) is 24.0 Å². The Morgan fingerprint density at radius 2 is 2.10 bits per heavy atom. The molecule has 0 aliphatic carbocycles. The SMILES string of the molecule is C/C(=C/CO)c1ccc2c(c1)C(C)(C)CC(=O)N2C(C)C. The van der Waals surface area contributed by atoms with E-state index in [0.717, 1.165) is 16.8 Å². The van der Waals surface area contributed by atoms with Crippen molar-refractivity contribution in [3.05, 3.63) is 35.4 Å². The van der Waals surface area contributed by atoms with Crippen LogP contribution in [0, 0.1) is 0 Å². The molecule has 114 valence electrons. The van der Waals surface area contributed by atoms with E-state index >= 15 is 0 Å². The van der Waals surface area contributed by atoms with Crippen molar-refractivity contribution in [2.24, 2.45) is 0 Å². The molecule has 1 aromatic rings. The Kier molecular flexibility index (Phi) is 4.24. The van der Waals surface area contributed by atoms with Gasteiger partial charge in [0.05, 0.1) is 6.61 Å². The summed E-state index contributed by atoms with van der Waals surface area (Å²) in [6, 6.07) is 6.40. The minimum absolute atomic E-state index is 0.0446. The zero-order chi connectivity index (χ0) is 15.8. The van der Waals surface area contributed by atoms with Gasteiger partial charge in [0.25, 0.3) is 0 Å². The molecule has 1 aromatic carbocycles. The molecule has 0 aromatic heterocycles. The summed E-state index contributed by atoms with van der Waals surface area (Å²) in [7, 11) is 0. The molecule has 1 N–H and O–H groups in total. The van der Waals surface area contributed by atoms with E-state index in [2.05, 4.69) is 19.9 Å². The summed E-state index contributed by atoms with van der Waals surface area (Å²) in [4.78, 5) is 14.3. The van der Waals surface area contributed by atoms with Crippen LogP contribution in [0.2, 0.25) is 0 Å². The monoisotopic (exact) mass is 287 g/mol. The van der Waals surface area contributed by atoms with Crippen molar-refractivity contribution in [1.82, 2.24) is 0 Å². The summed E-state index contributed by atoms with van der Waals surface area (Å²) in [5.41, 5.74) is 4.23. The van der Waals surface area contributed by atoms with Gasteiger partial charge in [-0.15, -0.1) is 0 Å². The molecule has 0 radical (unpaired) electrons. The highest BCUT2D eigenvalue weighted by Gasteiger charge is 2.37. The van der Waals surface area contributed by atoms with Gasteiger partial charge < -0.3 is 10.0 Å². The second-order valence-corrected chi connectivity index (χ2v) is 6.72. The molecule has 1 amide bonds. The van der Waals surface area contributed by atoms with Crippen LogP contribution in [0.1, 0.15) is 52.2 Å². The van der Waals surface area contributed by atoms with Gasteiger partial charge in [-0.2, -0.15) is 0 Å². The molecular weight excluding hydrogens is 262 g/mol. The molecule has 1 heterocycles. The van der Waals surface area contributed by atoms with Crippen LogP contribution in [0.3, 0.4) is 0 Å². The first-order valence-electron chi connectivity index (χ1n) is 7.52. The molecule has 1 aliphatic heterocycles. The van der Waals surface area contributed by atoms with Crippen LogP contribution in [0.25, 0.3) is 5.57 Å². The Morgan fingerprint density at radius 1 is 1.43 bits per heavy atom. The molecule has 0 bridgehead atoms. The number of hydrogen-bond donors (Lipinski definition) is 1. The van der Waals surface area contributed by atoms with Crippen LogP contribution in [0.15, 0.2) is 24.3 Å². The largest absolute Gasteiger partial charge is 0.392 e. The molecule has 0 spiro atoms. The number of anilines is 1. The lowest BCUT2D eigenvalue weighted by atomic mass is 9.76. The van der Waals surface area contributed by atoms with E-state index in [1.807, 2.05) is 43.9 Å². The predicted octanol–water partition coefficient (Wildman–Crippen LogP) is 3.50. The summed E-state index contributed by atoms with van der Waals surface area (Å²) in [5, 5.41) is 9.06. The highest BCUT2D eigenvalue weighted by Crippen LogP contribution is 2.42. The average molecular weight is 287 g/mol. The van der Waals surface area contributed by atoms with Gasteiger partial charge in [-0.3, -0.25) is 4.79 Å². The third kappa shape index (κ3) is 2.88. The molecule has 3 heteroatoms. The number of nitrogens with zero attached hydrogens (tertiary/aromatic N) is 1. The number of amides is 1. The Hall–Kier alpha value is -1.61. The van der Waals surface area contributed by atoms with Crippen LogP contribution in [-0.4, -0.2) is 23.7 Å². The fourth-order valence-electron chi connectivity index (χ4n) is 3.05. The molecule has 3 nitrogen and oxygen atoms in total. The fourth-order valence-corrected chi connectivity index (χ4v) is 3.05. The van der Waals surface area contributed by atoms with Crippen LogP contribution >= 0.6 is 0 Å². The average Bonchev–Trinajstić information content (AvgIpc) is 2.37. The van der Waals surface area contributed by atoms with Gasteiger partial charge in [-0.25, -0.2) is 0 Å². The van der Waals surface area contributed by atoms with E-state index in [4.69, 9.17) is 5.11 Å². The maximum Gasteiger partial charge on any atom is 0.228 e. The summed E-state index contributed by atoms with van der Waals surface area (Å²) in [6.07, 6.45) is 2.34. The third-order valence-corrected chi connectivity index (χ3v) is 4.22. The predicted molar refractivity (Wildman–Crippen MR) is 87.4 cm³/mol. The van der Waals surface area contributed by atoms with Crippen molar-refractivity contribution in [2.45, 2.75) is 52.5 Å². The molecule has 1 aliphatic rings. The van der Waals surface area contributed by atoms with Gasteiger partial charge in [0, 0.05) is 23.6 Å². The zero-order valence-electron chi connectivity index (χ0n) is 13.6. The number of benzene rings is 1. The summed E-state index contributed by atoms with van der Waals surface area (Å²) in [5.74, 6) is 0.192. The van der Waals surface area contributed by atoms with Crippen LogP contribution in [0.5, 0.6) is 0 Å². The second-order valence-electron chi connectivity index (χ2n) is 6.72. The maximum atomic E-state index is 12.4. The van der Waals surface area contributed by atoms with E-state index in [9.17, 15) is 4.79 Å². The minimum atomic E-state index is -0.159. The molecule has 0 fully saturated rings. The van der Waals surface area contributed by atoms with Crippen molar-refractivity contribution in [3.8, 4) is 0 Å². The topological polar surface area (TPSA) is 40.5 Å². The first-order valence-corrected chi connectivity index (χ1v) is 7.52.